The molecule has 1 aromatic heterocycles. The molecule has 0 unspecified atom stereocenters. The number of hydrogen-bond acceptors (Lipinski definition) is 3. The first-order chi connectivity index (χ1) is 7.63. The molecule has 0 spiro atoms. The zero-order valence-electron chi connectivity index (χ0n) is 10.00. The van der Waals surface area contributed by atoms with Crippen molar-refractivity contribution in [3.63, 3.8) is 0 Å². The molecule has 84 valence electrons. The van der Waals surface area contributed by atoms with Crippen LogP contribution in [0.3, 0.4) is 0 Å². The molecular formula is C13H15NO2. The average Bonchev–Trinajstić information content (AvgIpc) is 2.67. The summed E-state index contributed by atoms with van der Waals surface area (Å²) in [7, 11) is 1.69. The van der Waals surface area contributed by atoms with Gasteiger partial charge in [0, 0.05) is 5.56 Å². The summed E-state index contributed by atoms with van der Waals surface area (Å²) in [5.41, 5.74) is 4.47. The SMILES string of the molecule is COc1cc(C)c(-c2cnoc2C)cc1C. The Morgan fingerprint density at radius 3 is 2.38 bits per heavy atom. The summed E-state index contributed by atoms with van der Waals surface area (Å²) in [5.74, 6) is 1.75. The van der Waals surface area contributed by atoms with Gasteiger partial charge in [0.25, 0.3) is 0 Å². The van der Waals surface area contributed by atoms with Crippen LogP contribution in [0.15, 0.2) is 22.9 Å². The second-order valence-electron chi connectivity index (χ2n) is 3.93. The second kappa shape index (κ2) is 4.00. The van der Waals surface area contributed by atoms with Gasteiger partial charge in [0.2, 0.25) is 0 Å². The highest BCUT2D eigenvalue weighted by atomic mass is 16.5. The van der Waals surface area contributed by atoms with Gasteiger partial charge in [-0.3, -0.25) is 0 Å². The maximum Gasteiger partial charge on any atom is 0.141 e. The standard InChI is InChI=1S/C13H15NO2/c1-8-6-13(15-4)9(2)5-11(8)12-7-14-16-10(12)3/h5-7H,1-4H3. The number of benzene rings is 1. The van der Waals surface area contributed by atoms with E-state index >= 15 is 0 Å². The third-order valence-corrected chi connectivity index (χ3v) is 2.78. The molecule has 3 nitrogen and oxygen atoms in total. The summed E-state index contributed by atoms with van der Waals surface area (Å²) >= 11 is 0. The summed E-state index contributed by atoms with van der Waals surface area (Å²) in [6, 6.07) is 4.14. The minimum Gasteiger partial charge on any atom is -0.496 e. The van der Waals surface area contributed by atoms with Crippen LogP contribution in [0.5, 0.6) is 5.75 Å². The first-order valence-electron chi connectivity index (χ1n) is 5.20. The van der Waals surface area contributed by atoms with Crippen LogP contribution in [0.1, 0.15) is 16.9 Å². The second-order valence-corrected chi connectivity index (χ2v) is 3.93. The Kier molecular flexibility index (Phi) is 2.69. The Hall–Kier alpha value is -1.77. The van der Waals surface area contributed by atoms with Crippen molar-refractivity contribution >= 4 is 0 Å². The molecule has 0 N–H and O–H groups in total. The van der Waals surface area contributed by atoms with Gasteiger partial charge in [-0.2, -0.15) is 0 Å². The number of rotatable bonds is 2. The van der Waals surface area contributed by atoms with Crippen LogP contribution >= 0.6 is 0 Å². The Labute approximate surface area is 95.0 Å². The Morgan fingerprint density at radius 1 is 1.06 bits per heavy atom. The van der Waals surface area contributed by atoms with Gasteiger partial charge in [-0.05, 0) is 49.6 Å². The molecule has 0 saturated carbocycles. The summed E-state index contributed by atoms with van der Waals surface area (Å²) in [6.45, 7) is 6.01. The molecule has 0 fully saturated rings. The normalized spacial score (nSPS) is 10.5. The van der Waals surface area contributed by atoms with Crippen LogP contribution in [0, 0.1) is 20.8 Å². The molecule has 1 aromatic carbocycles. The number of aryl methyl sites for hydroxylation is 3. The molecule has 0 aliphatic carbocycles. The third-order valence-electron chi connectivity index (χ3n) is 2.78. The summed E-state index contributed by atoms with van der Waals surface area (Å²) in [5, 5.41) is 3.81. The topological polar surface area (TPSA) is 35.3 Å². The number of aromatic nitrogens is 1. The van der Waals surface area contributed by atoms with Crippen molar-refractivity contribution in [2.75, 3.05) is 7.11 Å². The van der Waals surface area contributed by atoms with E-state index in [0.29, 0.717) is 0 Å². The molecule has 0 radical (unpaired) electrons. The molecule has 0 atom stereocenters. The van der Waals surface area contributed by atoms with Crippen LogP contribution in [0.4, 0.5) is 0 Å². The van der Waals surface area contributed by atoms with E-state index in [1.807, 2.05) is 19.9 Å². The lowest BCUT2D eigenvalue weighted by Gasteiger charge is -2.10. The molecular weight excluding hydrogens is 202 g/mol. The van der Waals surface area contributed by atoms with Gasteiger partial charge in [0.05, 0.1) is 13.3 Å². The molecule has 3 heteroatoms. The van der Waals surface area contributed by atoms with Crippen molar-refractivity contribution in [3.8, 4) is 16.9 Å². The molecule has 0 aliphatic rings. The van der Waals surface area contributed by atoms with E-state index in [2.05, 4.69) is 18.1 Å². The molecule has 1 heterocycles. The Bertz CT molecular complexity index is 515. The first kappa shape index (κ1) is 10.7. The van der Waals surface area contributed by atoms with Gasteiger partial charge in [0.1, 0.15) is 11.5 Å². The van der Waals surface area contributed by atoms with E-state index in [4.69, 9.17) is 9.26 Å². The average molecular weight is 217 g/mol. The van der Waals surface area contributed by atoms with Gasteiger partial charge in [-0.15, -0.1) is 0 Å². The predicted molar refractivity (Wildman–Crippen MR) is 62.7 cm³/mol. The van der Waals surface area contributed by atoms with E-state index in [1.54, 1.807) is 13.3 Å². The van der Waals surface area contributed by atoms with Crippen molar-refractivity contribution in [1.82, 2.24) is 5.16 Å². The minimum absolute atomic E-state index is 0.840. The molecule has 16 heavy (non-hydrogen) atoms. The van der Waals surface area contributed by atoms with E-state index in [1.165, 1.54) is 0 Å². The van der Waals surface area contributed by atoms with E-state index < -0.39 is 0 Å². The van der Waals surface area contributed by atoms with Crippen LogP contribution in [-0.4, -0.2) is 12.3 Å². The fourth-order valence-electron chi connectivity index (χ4n) is 1.86. The highest BCUT2D eigenvalue weighted by Crippen LogP contribution is 2.31. The summed E-state index contributed by atoms with van der Waals surface area (Å²) in [6.07, 6.45) is 1.75. The lowest BCUT2D eigenvalue weighted by atomic mass is 9.99. The van der Waals surface area contributed by atoms with Crippen molar-refractivity contribution in [2.45, 2.75) is 20.8 Å². The zero-order valence-corrected chi connectivity index (χ0v) is 10.00. The molecule has 0 bridgehead atoms. The molecule has 0 amide bonds. The Balaban J connectivity index is 2.59. The number of ether oxygens (including phenoxy) is 1. The molecule has 2 rings (SSSR count). The first-order valence-corrected chi connectivity index (χ1v) is 5.20. The molecule has 2 aromatic rings. The van der Waals surface area contributed by atoms with Crippen LogP contribution in [0.2, 0.25) is 0 Å². The van der Waals surface area contributed by atoms with E-state index in [9.17, 15) is 0 Å². The van der Waals surface area contributed by atoms with Crippen LogP contribution in [-0.2, 0) is 0 Å². The van der Waals surface area contributed by atoms with Crippen molar-refractivity contribution in [1.29, 1.82) is 0 Å². The minimum atomic E-state index is 0.840. The lowest BCUT2D eigenvalue weighted by molar-refractivity contribution is 0.398. The fraction of sp³-hybridized carbons (Fsp3) is 0.308. The maximum absolute atomic E-state index is 5.29. The molecule has 0 aliphatic heterocycles. The smallest absolute Gasteiger partial charge is 0.141 e. The van der Waals surface area contributed by atoms with Crippen molar-refractivity contribution < 1.29 is 9.26 Å². The Morgan fingerprint density at radius 2 is 1.81 bits per heavy atom. The quantitative estimate of drug-likeness (QED) is 0.774. The number of hydrogen-bond donors (Lipinski definition) is 0. The maximum atomic E-state index is 5.29. The number of methoxy groups -OCH3 is 1. The monoisotopic (exact) mass is 217 g/mol. The van der Waals surface area contributed by atoms with E-state index in [0.717, 1.165) is 33.8 Å². The largest absolute Gasteiger partial charge is 0.496 e. The van der Waals surface area contributed by atoms with Crippen LogP contribution < -0.4 is 4.74 Å². The van der Waals surface area contributed by atoms with Gasteiger partial charge >= 0.3 is 0 Å². The van der Waals surface area contributed by atoms with Crippen LogP contribution in [0.25, 0.3) is 11.1 Å². The predicted octanol–water partition coefficient (Wildman–Crippen LogP) is 3.28. The van der Waals surface area contributed by atoms with Gasteiger partial charge < -0.3 is 9.26 Å². The molecule has 0 saturated heterocycles. The third kappa shape index (κ3) is 1.69. The van der Waals surface area contributed by atoms with Gasteiger partial charge in [-0.25, -0.2) is 0 Å². The number of nitrogens with zero attached hydrogens (tertiary/aromatic N) is 1. The van der Waals surface area contributed by atoms with Gasteiger partial charge in [0.15, 0.2) is 0 Å². The summed E-state index contributed by atoms with van der Waals surface area (Å²) in [4.78, 5) is 0. The van der Waals surface area contributed by atoms with Crippen molar-refractivity contribution in [2.24, 2.45) is 0 Å². The lowest BCUT2D eigenvalue weighted by Crippen LogP contribution is -1.91. The highest BCUT2D eigenvalue weighted by molar-refractivity contribution is 5.70. The fourth-order valence-corrected chi connectivity index (χ4v) is 1.86. The highest BCUT2D eigenvalue weighted by Gasteiger charge is 2.11. The summed E-state index contributed by atoms with van der Waals surface area (Å²) < 4.78 is 10.4. The van der Waals surface area contributed by atoms with Crippen molar-refractivity contribution in [3.05, 3.63) is 35.2 Å². The zero-order chi connectivity index (χ0) is 11.7. The van der Waals surface area contributed by atoms with E-state index in [-0.39, 0.29) is 0 Å². The van der Waals surface area contributed by atoms with Gasteiger partial charge in [-0.1, -0.05) is 5.16 Å².